The van der Waals surface area contributed by atoms with Crippen molar-refractivity contribution >= 4 is 29.0 Å². The smallest absolute Gasteiger partial charge is 0.412 e. The topological polar surface area (TPSA) is 74.8 Å². The van der Waals surface area contributed by atoms with E-state index in [1.165, 1.54) is 0 Å². The molecular weight excluding hydrogens is 448 g/mol. The number of anilines is 1. The Morgan fingerprint density at radius 3 is 2.47 bits per heavy atom. The number of benzene rings is 2. The maximum atomic E-state index is 13.0. The van der Waals surface area contributed by atoms with Gasteiger partial charge in [0, 0.05) is 54.9 Å². The monoisotopic (exact) mass is 478 g/mol. The number of carbonyl (C=O) groups is 2. The van der Waals surface area contributed by atoms with Gasteiger partial charge >= 0.3 is 6.09 Å². The maximum absolute atomic E-state index is 13.0. The van der Waals surface area contributed by atoms with Gasteiger partial charge in [-0.25, -0.2) is 9.78 Å². The van der Waals surface area contributed by atoms with Crippen molar-refractivity contribution in [3.8, 4) is 10.6 Å². The Morgan fingerprint density at radius 2 is 1.76 bits per heavy atom. The van der Waals surface area contributed by atoms with Crippen LogP contribution in [-0.4, -0.2) is 58.6 Å². The van der Waals surface area contributed by atoms with Crippen molar-refractivity contribution in [1.29, 1.82) is 0 Å². The third-order valence-electron chi connectivity index (χ3n) is 5.37. The molecule has 1 saturated heterocycles. The minimum Gasteiger partial charge on any atom is -0.444 e. The van der Waals surface area contributed by atoms with E-state index in [2.05, 4.69) is 27.7 Å². The molecule has 1 aromatic heterocycles. The molecule has 178 valence electrons. The molecule has 1 N–H and O–H groups in total. The first-order valence-electron chi connectivity index (χ1n) is 11.4. The van der Waals surface area contributed by atoms with E-state index in [0.717, 1.165) is 35.9 Å². The van der Waals surface area contributed by atoms with Gasteiger partial charge in [0.25, 0.3) is 5.91 Å². The van der Waals surface area contributed by atoms with E-state index in [-0.39, 0.29) is 5.91 Å². The number of carbonyl (C=O) groups excluding carboxylic acids is 2. The molecule has 2 heterocycles. The van der Waals surface area contributed by atoms with Crippen molar-refractivity contribution in [3.05, 3.63) is 71.2 Å². The van der Waals surface area contributed by atoms with E-state index in [1.807, 2.05) is 43.9 Å². The van der Waals surface area contributed by atoms with Crippen molar-refractivity contribution in [3.63, 3.8) is 0 Å². The molecule has 1 fully saturated rings. The fraction of sp³-hybridized carbons (Fsp3) is 0.346. The summed E-state index contributed by atoms with van der Waals surface area (Å²) in [5, 5.41) is 5.84. The van der Waals surface area contributed by atoms with Crippen LogP contribution in [0.5, 0.6) is 0 Å². The molecule has 34 heavy (non-hydrogen) atoms. The predicted octanol–water partition coefficient (Wildman–Crippen LogP) is 5.12. The van der Waals surface area contributed by atoms with Crippen LogP contribution in [0.25, 0.3) is 10.6 Å². The lowest BCUT2D eigenvalue weighted by Gasteiger charge is -2.34. The summed E-state index contributed by atoms with van der Waals surface area (Å²) in [5.74, 6) is -0.0347. The van der Waals surface area contributed by atoms with Crippen molar-refractivity contribution in [2.75, 3.05) is 31.5 Å². The molecule has 0 radical (unpaired) electrons. The summed E-state index contributed by atoms with van der Waals surface area (Å²) < 4.78 is 5.29. The lowest BCUT2D eigenvalue weighted by atomic mass is 10.1. The number of hydrogen-bond donors (Lipinski definition) is 1. The molecule has 4 rings (SSSR count). The first kappa shape index (κ1) is 23.9. The average Bonchev–Trinajstić information content (AvgIpc) is 3.27. The fourth-order valence-corrected chi connectivity index (χ4v) is 4.58. The van der Waals surface area contributed by atoms with Gasteiger partial charge in [-0.1, -0.05) is 36.4 Å². The summed E-state index contributed by atoms with van der Waals surface area (Å²) in [7, 11) is 0. The summed E-state index contributed by atoms with van der Waals surface area (Å²) in [5.41, 5.74) is 2.70. The highest BCUT2D eigenvalue weighted by molar-refractivity contribution is 7.13. The predicted molar refractivity (Wildman–Crippen MR) is 135 cm³/mol. The molecule has 0 aliphatic carbocycles. The Hall–Kier alpha value is -3.23. The van der Waals surface area contributed by atoms with Gasteiger partial charge in [0.05, 0.1) is 5.69 Å². The van der Waals surface area contributed by atoms with Crippen LogP contribution in [0.15, 0.2) is 60.0 Å². The summed E-state index contributed by atoms with van der Waals surface area (Å²) in [6, 6.07) is 17.2. The van der Waals surface area contributed by atoms with Gasteiger partial charge in [0.2, 0.25) is 0 Å². The zero-order valence-electron chi connectivity index (χ0n) is 19.8. The lowest BCUT2D eigenvalue weighted by Crippen LogP contribution is -2.48. The zero-order valence-corrected chi connectivity index (χ0v) is 20.6. The highest BCUT2D eigenvalue weighted by Crippen LogP contribution is 2.24. The van der Waals surface area contributed by atoms with E-state index in [4.69, 9.17) is 9.72 Å². The zero-order chi connectivity index (χ0) is 24.1. The van der Waals surface area contributed by atoms with Gasteiger partial charge in [-0.15, -0.1) is 11.3 Å². The first-order chi connectivity index (χ1) is 16.3. The van der Waals surface area contributed by atoms with Gasteiger partial charge in [-0.3, -0.25) is 15.0 Å². The van der Waals surface area contributed by atoms with Gasteiger partial charge in [-0.2, -0.15) is 0 Å². The van der Waals surface area contributed by atoms with E-state index < -0.39 is 11.7 Å². The number of rotatable bonds is 5. The molecule has 1 aliphatic heterocycles. The number of ether oxygens (including phenoxy) is 1. The quantitative estimate of drug-likeness (QED) is 0.551. The molecule has 0 spiro atoms. The molecule has 7 nitrogen and oxygen atoms in total. The highest BCUT2D eigenvalue weighted by atomic mass is 32.1. The summed E-state index contributed by atoms with van der Waals surface area (Å²) in [4.78, 5) is 34.1. The minimum absolute atomic E-state index is 0.0347. The van der Waals surface area contributed by atoms with Crippen molar-refractivity contribution in [1.82, 2.24) is 14.8 Å². The number of hydrogen-bond acceptors (Lipinski definition) is 6. The molecule has 1 aliphatic rings. The van der Waals surface area contributed by atoms with E-state index in [9.17, 15) is 9.59 Å². The van der Waals surface area contributed by atoms with Crippen molar-refractivity contribution in [2.24, 2.45) is 0 Å². The second-order valence-corrected chi connectivity index (χ2v) is 10.1. The Balaban J connectivity index is 1.30. The van der Waals surface area contributed by atoms with Gasteiger partial charge in [0.1, 0.15) is 10.6 Å². The van der Waals surface area contributed by atoms with Gasteiger partial charge in [-0.05, 0) is 39.0 Å². The molecule has 2 amide bonds. The van der Waals surface area contributed by atoms with Crippen LogP contribution in [0.1, 0.15) is 36.8 Å². The molecule has 0 atom stereocenters. The Morgan fingerprint density at radius 1 is 1.03 bits per heavy atom. The lowest BCUT2D eigenvalue weighted by molar-refractivity contribution is 0.0619. The first-order valence-corrected chi connectivity index (χ1v) is 12.3. The number of thiazole rings is 1. The van der Waals surface area contributed by atoms with Crippen LogP contribution in [-0.2, 0) is 11.3 Å². The Kier molecular flexibility index (Phi) is 7.29. The van der Waals surface area contributed by atoms with Crippen LogP contribution in [0, 0.1) is 0 Å². The summed E-state index contributed by atoms with van der Waals surface area (Å²) in [6.07, 6.45) is -0.539. The molecule has 0 unspecified atom stereocenters. The number of nitrogens with one attached hydrogen (secondary N) is 1. The SMILES string of the molecule is CC(C)(C)OC(=O)Nc1cccc(C(=O)N2CCN(Cc3csc(-c4ccccc4)n3)CC2)c1. The largest absolute Gasteiger partial charge is 0.444 e. The maximum Gasteiger partial charge on any atom is 0.412 e. The van der Waals surface area contributed by atoms with E-state index in [0.29, 0.717) is 24.3 Å². The second kappa shape index (κ2) is 10.4. The van der Waals surface area contributed by atoms with Crippen LogP contribution in [0.3, 0.4) is 0 Å². The Bertz CT molecular complexity index is 1130. The van der Waals surface area contributed by atoms with Crippen LogP contribution >= 0.6 is 11.3 Å². The van der Waals surface area contributed by atoms with Crippen LogP contribution < -0.4 is 5.32 Å². The second-order valence-electron chi connectivity index (χ2n) is 9.29. The minimum atomic E-state index is -0.584. The standard InChI is InChI=1S/C26H30N4O3S/c1-26(2,3)33-25(32)28-21-11-7-10-20(16-21)24(31)30-14-12-29(13-15-30)17-22-18-34-23(27-22)19-8-5-4-6-9-19/h4-11,16,18H,12-15,17H2,1-3H3,(H,28,32). The van der Waals surface area contributed by atoms with Crippen molar-refractivity contribution in [2.45, 2.75) is 32.9 Å². The highest BCUT2D eigenvalue weighted by Gasteiger charge is 2.23. The van der Waals surface area contributed by atoms with Crippen molar-refractivity contribution < 1.29 is 14.3 Å². The average molecular weight is 479 g/mol. The number of aromatic nitrogens is 1. The Labute approximate surface area is 204 Å². The molecule has 0 bridgehead atoms. The third-order valence-corrected chi connectivity index (χ3v) is 6.31. The molecular formula is C26H30N4O3S. The molecule has 3 aromatic rings. The van der Waals surface area contributed by atoms with Gasteiger partial charge in [0.15, 0.2) is 0 Å². The number of nitrogens with zero attached hydrogens (tertiary/aromatic N) is 3. The fourth-order valence-electron chi connectivity index (χ4n) is 3.77. The van der Waals surface area contributed by atoms with E-state index >= 15 is 0 Å². The number of piperazine rings is 1. The van der Waals surface area contributed by atoms with Crippen LogP contribution in [0.4, 0.5) is 10.5 Å². The third kappa shape index (κ3) is 6.42. The van der Waals surface area contributed by atoms with Gasteiger partial charge < -0.3 is 9.64 Å². The molecule has 8 heteroatoms. The molecule has 2 aromatic carbocycles. The summed E-state index contributed by atoms with van der Waals surface area (Å²) >= 11 is 1.66. The molecule has 0 saturated carbocycles. The summed E-state index contributed by atoms with van der Waals surface area (Å²) in [6.45, 7) is 9.09. The normalized spacial score (nSPS) is 14.6. The van der Waals surface area contributed by atoms with Crippen LogP contribution in [0.2, 0.25) is 0 Å². The number of amides is 2. The van der Waals surface area contributed by atoms with E-state index in [1.54, 1.807) is 35.6 Å².